The lowest BCUT2D eigenvalue weighted by molar-refractivity contribution is -0.117. The molecule has 1 N–H and O–H groups in total. The van der Waals surface area contributed by atoms with Crippen LogP contribution in [-0.4, -0.2) is 10.5 Å². The predicted molar refractivity (Wildman–Crippen MR) is 101 cm³/mol. The van der Waals surface area contributed by atoms with E-state index in [1.165, 1.54) is 0 Å². The molecule has 0 aliphatic heterocycles. The van der Waals surface area contributed by atoms with Crippen molar-refractivity contribution < 1.29 is 4.79 Å². The van der Waals surface area contributed by atoms with E-state index >= 15 is 0 Å². The number of amides is 1. The Hall–Kier alpha value is -2.80. The van der Waals surface area contributed by atoms with E-state index in [0.717, 1.165) is 22.5 Å². The lowest BCUT2D eigenvalue weighted by Crippen LogP contribution is -2.27. The zero-order valence-electron chi connectivity index (χ0n) is 15.5. The quantitative estimate of drug-likeness (QED) is 0.647. The summed E-state index contributed by atoms with van der Waals surface area (Å²) in [5, 5.41) is 12.3. The van der Waals surface area contributed by atoms with Crippen LogP contribution in [-0.2, 0) is 4.79 Å². The highest BCUT2D eigenvalue weighted by atomic mass is 16.1. The molecule has 0 aliphatic carbocycles. The molecule has 1 aromatic carbocycles. The molecule has 1 atom stereocenters. The number of rotatable bonds is 5. The predicted octanol–water partition coefficient (Wildman–Crippen LogP) is 4.47. The number of nitrogens with one attached hydrogen (secondary N) is 1. The summed E-state index contributed by atoms with van der Waals surface area (Å²) >= 11 is 0. The first kappa shape index (κ1) is 18.5. The average Bonchev–Trinajstić information content (AvgIpc) is 2.86. The second kappa shape index (κ2) is 7.85. The van der Waals surface area contributed by atoms with Crippen molar-refractivity contribution in [2.45, 2.75) is 46.7 Å². The third-order valence-electron chi connectivity index (χ3n) is 4.35. The first-order valence-electron chi connectivity index (χ1n) is 8.51. The lowest BCUT2D eigenvalue weighted by Gasteiger charge is -2.14. The molecule has 4 heteroatoms. The zero-order chi connectivity index (χ0) is 18.6. The maximum absolute atomic E-state index is 12.5. The zero-order valence-corrected chi connectivity index (χ0v) is 15.5. The van der Waals surface area contributed by atoms with E-state index in [2.05, 4.69) is 23.7 Å². The van der Waals surface area contributed by atoms with Crippen molar-refractivity contribution in [1.82, 2.24) is 9.88 Å². The van der Waals surface area contributed by atoms with E-state index < -0.39 is 0 Å². The summed E-state index contributed by atoms with van der Waals surface area (Å²) in [6.45, 7) is 10.2. The molecule has 4 nitrogen and oxygen atoms in total. The van der Waals surface area contributed by atoms with Crippen LogP contribution in [0.3, 0.4) is 0 Å². The van der Waals surface area contributed by atoms with Crippen molar-refractivity contribution in [2.24, 2.45) is 0 Å². The second-order valence-electron chi connectivity index (χ2n) is 6.57. The fraction of sp³-hybridized carbons (Fsp3) is 0.333. The van der Waals surface area contributed by atoms with Gasteiger partial charge in [0.15, 0.2) is 0 Å². The van der Waals surface area contributed by atoms with Crippen molar-refractivity contribution in [3.63, 3.8) is 0 Å². The van der Waals surface area contributed by atoms with Crippen LogP contribution in [0.15, 0.2) is 42.0 Å². The summed E-state index contributed by atoms with van der Waals surface area (Å²) < 4.78 is 2.20. The summed E-state index contributed by atoms with van der Waals surface area (Å²) in [6, 6.07) is 13.9. The van der Waals surface area contributed by atoms with E-state index in [1.54, 1.807) is 6.08 Å². The number of benzene rings is 1. The third kappa shape index (κ3) is 4.19. The maximum Gasteiger partial charge on any atom is 0.262 e. The minimum Gasteiger partial charge on any atom is -0.346 e. The molecule has 1 amide bonds. The Morgan fingerprint density at radius 1 is 1.20 bits per heavy atom. The Kier molecular flexibility index (Phi) is 5.82. The van der Waals surface area contributed by atoms with E-state index in [9.17, 15) is 10.1 Å². The molecule has 25 heavy (non-hydrogen) atoms. The number of aryl methyl sites for hydroxylation is 1. The first-order chi connectivity index (χ1) is 11.8. The van der Waals surface area contributed by atoms with Crippen molar-refractivity contribution in [2.75, 3.05) is 0 Å². The van der Waals surface area contributed by atoms with Crippen LogP contribution >= 0.6 is 0 Å². The Bertz CT molecular complexity index is 823. The van der Waals surface area contributed by atoms with Gasteiger partial charge in [-0.1, -0.05) is 30.3 Å². The highest BCUT2D eigenvalue weighted by Gasteiger charge is 2.16. The van der Waals surface area contributed by atoms with Gasteiger partial charge in [-0.25, -0.2) is 0 Å². The molecule has 0 saturated carbocycles. The van der Waals surface area contributed by atoms with E-state index in [4.69, 9.17) is 0 Å². The van der Waals surface area contributed by atoms with Crippen LogP contribution in [0, 0.1) is 25.2 Å². The van der Waals surface area contributed by atoms with Gasteiger partial charge in [0, 0.05) is 17.4 Å². The van der Waals surface area contributed by atoms with Crippen molar-refractivity contribution >= 4 is 12.0 Å². The molecule has 0 aliphatic rings. The normalized spacial score (nSPS) is 12.8. The molecule has 130 valence electrons. The summed E-state index contributed by atoms with van der Waals surface area (Å²) in [5.41, 5.74) is 4.21. The van der Waals surface area contributed by atoms with E-state index in [-0.39, 0.29) is 17.5 Å². The number of hydrogen-bond donors (Lipinski definition) is 1. The van der Waals surface area contributed by atoms with Gasteiger partial charge in [0.05, 0.1) is 6.04 Å². The topological polar surface area (TPSA) is 57.8 Å². The average molecular weight is 335 g/mol. The van der Waals surface area contributed by atoms with Crippen LogP contribution in [0.4, 0.5) is 0 Å². The number of hydrogen-bond acceptors (Lipinski definition) is 2. The summed E-state index contributed by atoms with van der Waals surface area (Å²) in [6.07, 6.45) is 1.67. The van der Waals surface area contributed by atoms with Gasteiger partial charge < -0.3 is 9.88 Å². The van der Waals surface area contributed by atoms with Crippen molar-refractivity contribution in [3.05, 3.63) is 64.5 Å². The largest absolute Gasteiger partial charge is 0.346 e. The summed E-state index contributed by atoms with van der Waals surface area (Å²) in [7, 11) is 0. The fourth-order valence-corrected chi connectivity index (χ4v) is 3.15. The molecule has 0 fully saturated rings. The standard InChI is InChI=1S/C21H25N3O/c1-14(2)24-15(3)11-19(17(24)5)12-20(13-22)21(25)23-16(4)18-9-7-6-8-10-18/h6-12,14,16H,1-5H3,(H,23,25)/b20-12-/t16-/m1/s1. The Morgan fingerprint density at radius 3 is 2.36 bits per heavy atom. The number of nitriles is 1. The number of nitrogens with zero attached hydrogens (tertiary/aromatic N) is 2. The van der Waals surface area contributed by atoms with Gasteiger partial charge in [0.1, 0.15) is 11.6 Å². The summed E-state index contributed by atoms with van der Waals surface area (Å²) in [5.74, 6) is -0.354. The van der Waals surface area contributed by atoms with Gasteiger partial charge in [-0.15, -0.1) is 0 Å². The molecule has 1 heterocycles. The van der Waals surface area contributed by atoms with Crippen LogP contribution < -0.4 is 5.32 Å². The molecule has 0 bridgehead atoms. The molecule has 0 radical (unpaired) electrons. The van der Waals surface area contributed by atoms with Crippen LogP contribution in [0.2, 0.25) is 0 Å². The van der Waals surface area contributed by atoms with Crippen molar-refractivity contribution in [1.29, 1.82) is 5.26 Å². The minimum atomic E-state index is -0.354. The monoisotopic (exact) mass is 335 g/mol. The van der Waals surface area contributed by atoms with Crippen LogP contribution in [0.25, 0.3) is 6.08 Å². The number of aromatic nitrogens is 1. The fourth-order valence-electron chi connectivity index (χ4n) is 3.15. The number of carbonyl (C=O) groups excluding carboxylic acids is 1. The molecule has 1 aromatic heterocycles. The van der Waals surface area contributed by atoms with Gasteiger partial charge >= 0.3 is 0 Å². The highest BCUT2D eigenvalue weighted by Crippen LogP contribution is 2.22. The molecule has 0 unspecified atom stereocenters. The van der Waals surface area contributed by atoms with Gasteiger partial charge in [0.25, 0.3) is 5.91 Å². The molecule has 2 aromatic rings. The molecule has 0 saturated heterocycles. The SMILES string of the molecule is Cc1cc(/C=C(/C#N)C(=O)N[C@H](C)c2ccccc2)c(C)n1C(C)C. The van der Waals surface area contributed by atoms with Crippen LogP contribution in [0.1, 0.15) is 55.4 Å². The van der Waals surface area contributed by atoms with Gasteiger partial charge in [-0.05, 0) is 57.9 Å². The van der Waals surface area contributed by atoms with Crippen molar-refractivity contribution in [3.8, 4) is 6.07 Å². The second-order valence-corrected chi connectivity index (χ2v) is 6.57. The number of carbonyl (C=O) groups is 1. The summed E-state index contributed by atoms with van der Waals surface area (Å²) in [4.78, 5) is 12.5. The first-order valence-corrected chi connectivity index (χ1v) is 8.51. The highest BCUT2D eigenvalue weighted by molar-refractivity contribution is 6.02. The molecule has 2 rings (SSSR count). The Balaban J connectivity index is 2.25. The minimum absolute atomic E-state index is 0.117. The molecular formula is C21H25N3O. The smallest absolute Gasteiger partial charge is 0.262 e. The van der Waals surface area contributed by atoms with Gasteiger partial charge in [-0.3, -0.25) is 4.79 Å². The Labute approximate surface area is 149 Å². The molecular weight excluding hydrogens is 310 g/mol. The maximum atomic E-state index is 12.5. The van der Waals surface area contributed by atoms with E-state index in [1.807, 2.05) is 63.2 Å². The van der Waals surface area contributed by atoms with Gasteiger partial charge in [-0.2, -0.15) is 5.26 Å². The lowest BCUT2D eigenvalue weighted by atomic mass is 10.1. The van der Waals surface area contributed by atoms with E-state index in [0.29, 0.717) is 6.04 Å². The third-order valence-corrected chi connectivity index (χ3v) is 4.35. The Morgan fingerprint density at radius 2 is 1.84 bits per heavy atom. The molecule has 0 spiro atoms. The van der Waals surface area contributed by atoms with Crippen LogP contribution in [0.5, 0.6) is 0 Å². The van der Waals surface area contributed by atoms with Gasteiger partial charge in [0.2, 0.25) is 0 Å².